The Bertz CT molecular complexity index is 701. The van der Waals surface area contributed by atoms with Crippen molar-refractivity contribution < 1.29 is 0 Å². The maximum atomic E-state index is 4.63. The Morgan fingerprint density at radius 3 is 2.47 bits per heavy atom. The summed E-state index contributed by atoms with van der Waals surface area (Å²) in [7, 11) is 0. The van der Waals surface area contributed by atoms with Crippen LogP contribution in [0.15, 0.2) is 48.7 Å². The Hall–Kier alpha value is -2.49. The summed E-state index contributed by atoms with van der Waals surface area (Å²) in [6, 6.07) is 13.7. The van der Waals surface area contributed by atoms with Gasteiger partial charge in [0.1, 0.15) is 0 Å². The minimum absolute atomic E-state index is 0.814. The van der Waals surface area contributed by atoms with Crippen LogP contribution in [0.3, 0.4) is 0 Å². The predicted octanol–water partition coefficient (Wildman–Crippen LogP) is 2.95. The lowest BCUT2D eigenvalue weighted by Gasteiger charge is -2.05. The zero-order valence-electron chi connectivity index (χ0n) is 10.9. The van der Waals surface area contributed by atoms with E-state index < -0.39 is 0 Å². The van der Waals surface area contributed by atoms with Crippen LogP contribution in [0.4, 0.5) is 0 Å². The van der Waals surface area contributed by atoms with Gasteiger partial charge in [-0.15, -0.1) is 0 Å². The Balaban J connectivity index is 2.08. The van der Waals surface area contributed by atoms with Gasteiger partial charge in [-0.1, -0.05) is 12.1 Å². The van der Waals surface area contributed by atoms with Crippen molar-refractivity contribution in [3.63, 3.8) is 0 Å². The maximum Gasteiger partial charge on any atom is 0.154 e. The number of aryl methyl sites for hydroxylation is 2. The lowest BCUT2D eigenvalue weighted by atomic mass is 10.2. The van der Waals surface area contributed by atoms with Crippen LogP contribution in [0.1, 0.15) is 11.4 Å². The number of hydrogen-bond donors (Lipinski definition) is 0. The molecule has 3 aromatic rings. The van der Waals surface area contributed by atoms with Crippen LogP contribution in [0, 0.1) is 13.8 Å². The molecule has 0 saturated carbocycles. The molecule has 0 bridgehead atoms. The van der Waals surface area contributed by atoms with Crippen molar-refractivity contribution in [2.24, 2.45) is 0 Å². The van der Waals surface area contributed by atoms with Crippen LogP contribution in [-0.2, 0) is 0 Å². The van der Waals surface area contributed by atoms with Gasteiger partial charge < -0.3 is 0 Å². The van der Waals surface area contributed by atoms with Crippen LogP contribution in [0.25, 0.3) is 17.2 Å². The molecule has 3 heterocycles. The molecular formula is C15H14N4. The maximum absolute atomic E-state index is 4.63. The van der Waals surface area contributed by atoms with Crippen molar-refractivity contribution in [1.29, 1.82) is 0 Å². The van der Waals surface area contributed by atoms with Gasteiger partial charge in [0.2, 0.25) is 0 Å². The molecule has 0 spiro atoms. The molecule has 19 heavy (non-hydrogen) atoms. The van der Waals surface area contributed by atoms with E-state index >= 15 is 0 Å². The highest BCUT2D eigenvalue weighted by Crippen LogP contribution is 2.16. The third-order valence-corrected chi connectivity index (χ3v) is 2.89. The van der Waals surface area contributed by atoms with Crippen LogP contribution in [0.5, 0.6) is 0 Å². The van der Waals surface area contributed by atoms with Gasteiger partial charge in [0.15, 0.2) is 5.82 Å². The van der Waals surface area contributed by atoms with E-state index in [0.29, 0.717) is 0 Å². The van der Waals surface area contributed by atoms with Crippen LogP contribution in [0.2, 0.25) is 0 Å². The van der Waals surface area contributed by atoms with E-state index in [1.165, 1.54) is 0 Å². The molecule has 0 aromatic carbocycles. The first-order valence-corrected chi connectivity index (χ1v) is 6.16. The molecule has 0 amide bonds. The van der Waals surface area contributed by atoms with Crippen molar-refractivity contribution in [2.45, 2.75) is 13.8 Å². The van der Waals surface area contributed by atoms with Crippen LogP contribution < -0.4 is 0 Å². The highest BCUT2D eigenvalue weighted by atomic mass is 15.3. The van der Waals surface area contributed by atoms with E-state index in [2.05, 4.69) is 15.1 Å². The van der Waals surface area contributed by atoms with E-state index in [0.717, 1.165) is 28.6 Å². The molecule has 0 unspecified atom stereocenters. The first kappa shape index (κ1) is 11.6. The van der Waals surface area contributed by atoms with E-state index in [1.807, 2.05) is 61.0 Å². The highest BCUT2D eigenvalue weighted by molar-refractivity contribution is 5.54. The van der Waals surface area contributed by atoms with E-state index in [9.17, 15) is 0 Å². The zero-order chi connectivity index (χ0) is 13.2. The second-order valence-corrected chi connectivity index (χ2v) is 4.43. The first-order valence-electron chi connectivity index (χ1n) is 6.16. The summed E-state index contributed by atoms with van der Waals surface area (Å²) >= 11 is 0. The van der Waals surface area contributed by atoms with Crippen molar-refractivity contribution in [3.8, 4) is 17.2 Å². The second-order valence-electron chi connectivity index (χ2n) is 4.43. The Kier molecular flexibility index (Phi) is 2.83. The Morgan fingerprint density at radius 1 is 0.947 bits per heavy atom. The number of pyridine rings is 2. The van der Waals surface area contributed by atoms with E-state index in [4.69, 9.17) is 0 Å². The summed E-state index contributed by atoms with van der Waals surface area (Å²) in [4.78, 5) is 8.94. The van der Waals surface area contributed by atoms with Crippen molar-refractivity contribution >= 4 is 0 Å². The molecule has 0 aliphatic heterocycles. The normalized spacial score (nSPS) is 10.6. The molecule has 0 radical (unpaired) electrons. The van der Waals surface area contributed by atoms with Crippen molar-refractivity contribution in [3.05, 3.63) is 60.0 Å². The number of nitrogens with zero attached hydrogens (tertiary/aromatic N) is 4. The lowest BCUT2D eigenvalue weighted by Crippen LogP contribution is -2.02. The zero-order valence-corrected chi connectivity index (χ0v) is 10.9. The smallest absolute Gasteiger partial charge is 0.154 e. The Labute approximate surface area is 111 Å². The molecule has 0 saturated heterocycles. The van der Waals surface area contributed by atoms with Gasteiger partial charge in [-0.25, -0.2) is 9.67 Å². The largest absolute Gasteiger partial charge is 0.255 e. The predicted molar refractivity (Wildman–Crippen MR) is 74.1 cm³/mol. The molecule has 4 heteroatoms. The quantitative estimate of drug-likeness (QED) is 0.702. The monoisotopic (exact) mass is 250 g/mol. The van der Waals surface area contributed by atoms with Gasteiger partial charge in [-0.05, 0) is 44.2 Å². The third kappa shape index (κ3) is 2.25. The summed E-state index contributed by atoms with van der Waals surface area (Å²) in [5, 5.41) is 4.45. The molecule has 0 aliphatic rings. The summed E-state index contributed by atoms with van der Waals surface area (Å²) in [6.07, 6.45) is 1.77. The topological polar surface area (TPSA) is 43.6 Å². The number of aromatic nitrogens is 4. The number of rotatable bonds is 2. The molecule has 4 nitrogen and oxygen atoms in total. The SMILES string of the molecule is Cc1cc(C)n(-c2cccc(-c3ccccn3)n2)n1. The fourth-order valence-electron chi connectivity index (χ4n) is 2.06. The fraction of sp³-hybridized carbons (Fsp3) is 0.133. The van der Waals surface area contributed by atoms with Crippen LogP contribution in [-0.4, -0.2) is 19.7 Å². The molecule has 0 fully saturated rings. The number of hydrogen-bond acceptors (Lipinski definition) is 3. The highest BCUT2D eigenvalue weighted by Gasteiger charge is 2.07. The molecule has 94 valence electrons. The minimum Gasteiger partial charge on any atom is -0.255 e. The van der Waals surface area contributed by atoms with Crippen molar-refractivity contribution in [2.75, 3.05) is 0 Å². The van der Waals surface area contributed by atoms with Gasteiger partial charge >= 0.3 is 0 Å². The standard InChI is InChI=1S/C15H14N4/c1-11-10-12(2)19(18-11)15-8-5-7-14(17-15)13-6-3-4-9-16-13/h3-10H,1-2H3. The summed E-state index contributed by atoms with van der Waals surface area (Å²) in [5.74, 6) is 0.814. The van der Waals surface area contributed by atoms with Gasteiger partial charge in [0, 0.05) is 11.9 Å². The van der Waals surface area contributed by atoms with Gasteiger partial charge in [-0.2, -0.15) is 5.10 Å². The summed E-state index contributed by atoms with van der Waals surface area (Å²) in [6.45, 7) is 4.00. The third-order valence-electron chi connectivity index (χ3n) is 2.89. The average Bonchev–Trinajstić information content (AvgIpc) is 2.79. The van der Waals surface area contributed by atoms with Gasteiger partial charge in [-0.3, -0.25) is 4.98 Å². The van der Waals surface area contributed by atoms with E-state index in [1.54, 1.807) is 6.20 Å². The molecule has 0 atom stereocenters. The van der Waals surface area contributed by atoms with Crippen molar-refractivity contribution in [1.82, 2.24) is 19.7 Å². The van der Waals surface area contributed by atoms with Gasteiger partial charge in [0.05, 0.1) is 17.1 Å². The molecule has 0 aliphatic carbocycles. The first-order chi connectivity index (χ1) is 9.24. The molecular weight excluding hydrogens is 236 g/mol. The molecule has 0 N–H and O–H groups in total. The van der Waals surface area contributed by atoms with Gasteiger partial charge in [0.25, 0.3) is 0 Å². The minimum atomic E-state index is 0.814. The lowest BCUT2D eigenvalue weighted by molar-refractivity contribution is 0.807. The van der Waals surface area contributed by atoms with E-state index in [-0.39, 0.29) is 0 Å². The summed E-state index contributed by atoms with van der Waals surface area (Å²) in [5.41, 5.74) is 3.78. The van der Waals surface area contributed by atoms with Crippen LogP contribution >= 0.6 is 0 Å². The average molecular weight is 250 g/mol. The molecule has 3 aromatic heterocycles. The second kappa shape index (κ2) is 4.65. The fourth-order valence-corrected chi connectivity index (χ4v) is 2.06. The Morgan fingerprint density at radius 2 is 1.79 bits per heavy atom. The summed E-state index contributed by atoms with van der Waals surface area (Å²) < 4.78 is 1.85. The molecule has 3 rings (SSSR count).